The Kier molecular flexibility index (Phi) is 11.7. The predicted molar refractivity (Wildman–Crippen MR) is 172 cm³/mol. The number of likely N-dealkylation sites (N-methyl/N-ethyl adjacent to an activating group) is 1. The number of fused-ring (bicyclic) bond motifs is 14. The van der Waals surface area contributed by atoms with E-state index in [2.05, 4.69) is 67.8 Å². The lowest BCUT2D eigenvalue weighted by Crippen LogP contribution is -2.51. The van der Waals surface area contributed by atoms with E-state index >= 15 is 0 Å². The van der Waals surface area contributed by atoms with Gasteiger partial charge < -0.3 is 14.4 Å². The number of aldehydes is 1. The van der Waals surface area contributed by atoms with E-state index in [1.165, 1.54) is 23.1 Å². The molecule has 0 radical (unpaired) electrons. The third-order valence-electron chi connectivity index (χ3n) is 9.22. The number of carbonyl (C=O) groups is 2. The quantitative estimate of drug-likeness (QED) is 0.237. The largest absolute Gasteiger partial charge is 0.493 e. The summed E-state index contributed by atoms with van der Waals surface area (Å²) in [7, 11) is 3.83. The Bertz CT molecular complexity index is 1200. The summed E-state index contributed by atoms with van der Waals surface area (Å²) in [6, 6.07) is 16.1. The zero-order chi connectivity index (χ0) is 30.1. The molecule has 2 aromatic carbocycles. The van der Waals surface area contributed by atoms with Crippen molar-refractivity contribution in [2.75, 3.05) is 33.9 Å². The van der Waals surface area contributed by atoms with Crippen molar-refractivity contribution in [1.82, 2.24) is 9.62 Å². The van der Waals surface area contributed by atoms with Crippen LogP contribution in [-0.2, 0) is 16.0 Å². The number of ether oxygens (including phenoxy) is 2. The van der Waals surface area contributed by atoms with Crippen LogP contribution in [0, 0.1) is 17.8 Å². The summed E-state index contributed by atoms with van der Waals surface area (Å²) >= 11 is 1.44. The number of aryl methyl sites for hydroxylation is 1. The monoisotopic (exact) mass is 592 g/mol. The molecule has 0 saturated heterocycles. The molecule has 6 atom stereocenters. The summed E-state index contributed by atoms with van der Waals surface area (Å²) in [5, 5.41) is 0.195. The third kappa shape index (κ3) is 7.86. The molecular weight excluding hydrogens is 544 g/mol. The lowest BCUT2D eigenvalue weighted by Gasteiger charge is -2.47. The number of hydrogen-bond acceptors (Lipinski definition) is 6. The van der Waals surface area contributed by atoms with Gasteiger partial charge in [0.2, 0.25) is 0 Å². The molecule has 0 spiro atoms. The summed E-state index contributed by atoms with van der Waals surface area (Å²) in [5.74, 6) is 1.64. The van der Waals surface area contributed by atoms with Gasteiger partial charge in [-0.2, -0.15) is 0 Å². The molecule has 228 valence electrons. The van der Waals surface area contributed by atoms with Crippen LogP contribution in [0.2, 0.25) is 0 Å². The van der Waals surface area contributed by atoms with Crippen molar-refractivity contribution in [3.8, 4) is 5.75 Å². The maximum atomic E-state index is 12.8. The number of rotatable bonds is 5. The second kappa shape index (κ2) is 15.2. The standard InChI is InChI=1S/C35H48N2O4S/c1-6-10-27-12-7-8-13-32(27)30-22-37(4)21-29-16-19-33(29)35(24-38,40-5)20-9-11-25(2)26(3)42-36-34(39)28-14-17-31(18-15-28)41-23-30/h7-9,12-15,17-18,20,24-26,29-30,33H,6,10-11,16,19,21-23H2,1-5H3,(H,36,39)/b20-9+. The highest BCUT2D eigenvalue weighted by atomic mass is 32.2. The van der Waals surface area contributed by atoms with Gasteiger partial charge in [-0.05, 0) is 98.0 Å². The summed E-state index contributed by atoms with van der Waals surface area (Å²) in [6.07, 6.45) is 10.1. The molecule has 2 heterocycles. The van der Waals surface area contributed by atoms with E-state index < -0.39 is 5.60 Å². The van der Waals surface area contributed by atoms with Gasteiger partial charge in [0.15, 0.2) is 6.29 Å². The van der Waals surface area contributed by atoms with Crippen molar-refractivity contribution in [2.24, 2.45) is 17.8 Å². The van der Waals surface area contributed by atoms with Gasteiger partial charge in [0.05, 0.1) is 6.61 Å². The molecule has 7 heteroatoms. The third-order valence-corrected chi connectivity index (χ3v) is 10.4. The van der Waals surface area contributed by atoms with E-state index in [9.17, 15) is 9.59 Å². The molecule has 42 heavy (non-hydrogen) atoms. The normalized spacial score (nSPS) is 30.6. The first kappa shape index (κ1) is 32.3. The van der Waals surface area contributed by atoms with Crippen LogP contribution in [0.3, 0.4) is 0 Å². The average molecular weight is 593 g/mol. The van der Waals surface area contributed by atoms with Crippen molar-refractivity contribution in [3.63, 3.8) is 0 Å². The molecule has 1 saturated carbocycles. The highest BCUT2D eigenvalue weighted by Crippen LogP contribution is 2.44. The van der Waals surface area contributed by atoms with Gasteiger partial charge in [-0.1, -0.05) is 57.5 Å². The van der Waals surface area contributed by atoms with Crippen LogP contribution in [-0.4, -0.2) is 61.8 Å². The second-order valence-corrected chi connectivity index (χ2v) is 13.4. The molecule has 2 aromatic rings. The topological polar surface area (TPSA) is 67.9 Å². The summed E-state index contributed by atoms with van der Waals surface area (Å²) < 4.78 is 15.3. The first-order chi connectivity index (χ1) is 20.3. The molecule has 6 nitrogen and oxygen atoms in total. The smallest absolute Gasteiger partial charge is 0.261 e. The van der Waals surface area contributed by atoms with Gasteiger partial charge in [-0.3, -0.25) is 14.3 Å². The minimum absolute atomic E-state index is 0.115. The fourth-order valence-corrected chi connectivity index (χ4v) is 7.05. The maximum Gasteiger partial charge on any atom is 0.261 e. The lowest BCUT2D eigenvalue weighted by atomic mass is 9.64. The number of nitrogens with one attached hydrogen (secondary N) is 1. The maximum absolute atomic E-state index is 12.8. The van der Waals surface area contributed by atoms with Crippen LogP contribution >= 0.6 is 11.9 Å². The number of carbonyl (C=O) groups excluding carboxylic acids is 2. The zero-order valence-corrected chi connectivity index (χ0v) is 26.7. The predicted octanol–water partition coefficient (Wildman–Crippen LogP) is 6.71. The second-order valence-electron chi connectivity index (χ2n) is 12.2. The molecule has 1 N–H and O–H groups in total. The van der Waals surface area contributed by atoms with Gasteiger partial charge in [0.25, 0.3) is 5.91 Å². The highest BCUT2D eigenvalue weighted by molar-refractivity contribution is 7.98. The Morgan fingerprint density at radius 1 is 1.12 bits per heavy atom. The van der Waals surface area contributed by atoms with E-state index in [0.717, 1.165) is 57.2 Å². The number of hydrogen-bond donors (Lipinski definition) is 1. The van der Waals surface area contributed by atoms with E-state index in [4.69, 9.17) is 9.47 Å². The number of methoxy groups -OCH3 is 1. The molecular formula is C35H48N2O4S. The SMILES string of the molecule is CCCc1ccccc1C1COc2ccc(cc2)C(=O)NSC(C)C(C)C/C=C/C(C=O)(OC)C2CCC2CN(C)C1. The summed E-state index contributed by atoms with van der Waals surface area (Å²) in [6.45, 7) is 8.78. The van der Waals surface area contributed by atoms with E-state index in [-0.39, 0.29) is 23.0 Å². The van der Waals surface area contributed by atoms with Gasteiger partial charge in [0.1, 0.15) is 11.4 Å². The van der Waals surface area contributed by atoms with E-state index in [1.807, 2.05) is 30.3 Å². The first-order valence-corrected chi connectivity index (χ1v) is 16.3. The van der Waals surface area contributed by atoms with Crippen LogP contribution < -0.4 is 9.46 Å². The molecule has 1 aliphatic carbocycles. The Labute approximate surface area is 256 Å². The van der Waals surface area contributed by atoms with Crippen LogP contribution in [0.15, 0.2) is 60.7 Å². The average Bonchev–Trinajstić information content (AvgIpc) is 2.99. The van der Waals surface area contributed by atoms with Crippen molar-refractivity contribution in [2.45, 2.75) is 69.6 Å². The lowest BCUT2D eigenvalue weighted by molar-refractivity contribution is -0.137. The van der Waals surface area contributed by atoms with E-state index in [0.29, 0.717) is 24.0 Å². The van der Waals surface area contributed by atoms with Crippen molar-refractivity contribution in [3.05, 3.63) is 77.4 Å². The van der Waals surface area contributed by atoms with Gasteiger partial charge in [-0.15, -0.1) is 0 Å². The Balaban J connectivity index is 1.62. The molecule has 0 aromatic heterocycles. The number of amides is 1. The minimum Gasteiger partial charge on any atom is -0.493 e. The molecule has 2 bridgehead atoms. The van der Waals surface area contributed by atoms with Crippen molar-refractivity contribution >= 4 is 24.1 Å². The Morgan fingerprint density at radius 2 is 1.88 bits per heavy atom. The molecule has 6 unspecified atom stereocenters. The molecule has 1 fully saturated rings. The molecule has 2 aliphatic heterocycles. The van der Waals surface area contributed by atoms with Crippen LogP contribution in [0.5, 0.6) is 5.75 Å². The minimum atomic E-state index is -0.910. The van der Waals surface area contributed by atoms with Crippen molar-refractivity contribution in [1.29, 1.82) is 0 Å². The van der Waals surface area contributed by atoms with Gasteiger partial charge in [0, 0.05) is 42.8 Å². The van der Waals surface area contributed by atoms with Crippen LogP contribution in [0.25, 0.3) is 0 Å². The Hall–Kier alpha value is -2.61. The number of nitrogens with zero attached hydrogens (tertiary/aromatic N) is 1. The molecule has 5 rings (SSSR count). The van der Waals surface area contributed by atoms with Crippen LogP contribution in [0.1, 0.15) is 73.9 Å². The summed E-state index contributed by atoms with van der Waals surface area (Å²) in [4.78, 5) is 27.8. The zero-order valence-electron chi connectivity index (χ0n) is 25.9. The summed E-state index contributed by atoms with van der Waals surface area (Å²) in [5.41, 5.74) is 2.39. The first-order valence-electron chi connectivity index (χ1n) is 15.4. The van der Waals surface area contributed by atoms with Crippen molar-refractivity contribution < 1.29 is 19.1 Å². The van der Waals surface area contributed by atoms with Gasteiger partial charge >= 0.3 is 0 Å². The van der Waals surface area contributed by atoms with Crippen LogP contribution in [0.4, 0.5) is 0 Å². The van der Waals surface area contributed by atoms with E-state index in [1.54, 1.807) is 7.11 Å². The molecule has 1 amide bonds. The fraction of sp³-hybridized carbons (Fsp3) is 0.543. The fourth-order valence-electron chi connectivity index (χ4n) is 6.30. The van der Waals surface area contributed by atoms with Gasteiger partial charge in [-0.25, -0.2) is 0 Å². The number of allylic oxidation sites excluding steroid dienone is 1. The Morgan fingerprint density at radius 3 is 2.55 bits per heavy atom. The molecule has 3 aliphatic rings. The number of benzene rings is 2. The highest BCUT2D eigenvalue weighted by Gasteiger charge is 2.47.